The van der Waals surface area contributed by atoms with Gasteiger partial charge in [-0.3, -0.25) is 4.79 Å². The molecular formula is C27H24ClNO4S. The SMILES string of the molecule is C=CC(=O)C1(OC)C(c2cc(Cl)ccc2Cc2ccc3ccccc3c2)=CC=CC1S(N)(=O)=O. The number of primary sulfonamides is 1. The van der Waals surface area contributed by atoms with Gasteiger partial charge in [-0.2, -0.15) is 0 Å². The van der Waals surface area contributed by atoms with Crippen LogP contribution in [0.25, 0.3) is 16.3 Å². The number of nitrogens with two attached hydrogens (primary N) is 1. The lowest BCUT2D eigenvalue weighted by Crippen LogP contribution is -2.56. The van der Waals surface area contributed by atoms with Crippen LogP contribution in [0.1, 0.15) is 16.7 Å². The van der Waals surface area contributed by atoms with Gasteiger partial charge in [0.05, 0.1) is 0 Å². The first-order valence-electron chi connectivity index (χ1n) is 10.6. The van der Waals surface area contributed by atoms with Crippen LogP contribution in [0.4, 0.5) is 0 Å². The van der Waals surface area contributed by atoms with Crippen molar-refractivity contribution in [1.29, 1.82) is 0 Å². The van der Waals surface area contributed by atoms with Gasteiger partial charge in [-0.05, 0) is 52.1 Å². The molecule has 0 aliphatic heterocycles. The van der Waals surface area contributed by atoms with Crippen LogP contribution in [0.15, 0.2) is 91.5 Å². The molecule has 3 aromatic rings. The summed E-state index contributed by atoms with van der Waals surface area (Å²) in [6.45, 7) is 3.57. The van der Waals surface area contributed by atoms with Crippen LogP contribution < -0.4 is 5.14 Å². The fourth-order valence-corrected chi connectivity index (χ4v) is 5.85. The lowest BCUT2D eigenvalue weighted by molar-refractivity contribution is -0.129. The Hall–Kier alpha value is -3.03. The maximum Gasteiger partial charge on any atom is 0.219 e. The number of halogens is 1. The number of allylic oxidation sites excluding steroid dienone is 2. The smallest absolute Gasteiger partial charge is 0.219 e. The van der Waals surface area contributed by atoms with E-state index in [0.717, 1.165) is 28.0 Å². The highest BCUT2D eigenvalue weighted by atomic mass is 35.5. The zero-order valence-corrected chi connectivity index (χ0v) is 20.1. The minimum atomic E-state index is -4.20. The molecule has 5 nitrogen and oxygen atoms in total. The molecule has 174 valence electrons. The van der Waals surface area contributed by atoms with E-state index in [1.807, 2.05) is 36.4 Å². The molecule has 3 aromatic carbocycles. The third-order valence-electron chi connectivity index (χ3n) is 6.15. The average molecular weight is 494 g/mol. The molecular weight excluding hydrogens is 470 g/mol. The number of carbonyl (C=O) groups is 1. The van der Waals surface area contributed by atoms with Crippen molar-refractivity contribution >= 4 is 43.8 Å². The van der Waals surface area contributed by atoms with E-state index in [4.69, 9.17) is 21.5 Å². The predicted molar refractivity (Wildman–Crippen MR) is 137 cm³/mol. The molecule has 0 spiro atoms. The number of methoxy groups -OCH3 is 1. The summed E-state index contributed by atoms with van der Waals surface area (Å²) >= 11 is 6.36. The van der Waals surface area contributed by atoms with Gasteiger partial charge in [0.2, 0.25) is 10.0 Å². The van der Waals surface area contributed by atoms with Crippen molar-refractivity contribution in [2.75, 3.05) is 7.11 Å². The number of sulfonamides is 1. The van der Waals surface area contributed by atoms with Crippen LogP contribution in [0.3, 0.4) is 0 Å². The summed E-state index contributed by atoms with van der Waals surface area (Å²) in [5.74, 6) is -0.610. The van der Waals surface area contributed by atoms with E-state index in [1.165, 1.54) is 13.2 Å². The molecule has 0 heterocycles. The van der Waals surface area contributed by atoms with Gasteiger partial charge in [0, 0.05) is 17.7 Å². The van der Waals surface area contributed by atoms with E-state index in [0.29, 0.717) is 22.6 Å². The number of fused-ring (bicyclic) bond motifs is 1. The highest BCUT2D eigenvalue weighted by molar-refractivity contribution is 7.90. The average Bonchev–Trinajstić information content (AvgIpc) is 2.83. The maximum absolute atomic E-state index is 13.2. The van der Waals surface area contributed by atoms with Crippen LogP contribution in [-0.2, 0) is 26.0 Å². The summed E-state index contributed by atoms with van der Waals surface area (Å²) in [7, 11) is -2.91. The number of ketones is 1. The molecule has 1 aliphatic rings. The molecule has 34 heavy (non-hydrogen) atoms. The Labute approximate surface area is 204 Å². The predicted octanol–water partition coefficient (Wildman–Crippen LogP) is 4.83. The lowest BCUT2D eigenvalue weighted by Gasteiger charge is -2.39. The van der Waals surface area contributed by atoms with Crippen molar-refractivity contribution in [2.24, 2.45) is 5.14 Å². The molecule has 0 saturated heterocycles. The number of benzene rings is 3. The van der Waals surface area contributed by atoms with Gasteiger partial charge in [-0.1, -0.05) is 84.9 Å². The second-order valence-electron chi connectivity index (χ2n) is 8.14. The standard InChI is InChI=1S/C27H24ClNO4S/c1-3-25(30)27(33-2)24(9-6-10-26(27)34(29,31)32)23-17-22(28)14-13-21(23)16-18-11-12-19-7-4-5-8-20(19)15-18/h3-15,17,26H,1,16H2,2H3,(H2,29,31,32). The van der Waals surface area contributed by atoms with Crippen molar-refractivity contribution in [2.45, 2.75) is 17.3 Å². The highest BCUT2D eigenvalue weighted by Gasteiger charge is 2.53. The van der Waals surface area contributed by atoms with Crippen LogP contribution in [0, 0.1) is 0 Å². The van der Waals surface area contributed by atoms with Gasteiger partial charge in [-0.25, -0.2) is 13.6 Å². The van der Waals surface area contributed by atoms with Crippen molar-refractivity contribution in [1.82, 2.24) is 0 Å². The van der Waals surface area contributed by atoms with Gasteiger partial charge < -0.3 is 4.74 Å². The molecule has 0 amide bonds. The summed E-state index contributed by atoms with van der Waals surface area (Å²) in [6.07, 6.45) is 6.18. The second-order valence-corrected chi connectivity index (χ2v) is 10.3. The highest BCUT2D eigenvalue weighted by Crippen LogP contribution is 2.42. The minimum Gasteiger partial charge on any atom is -0.363 e. The Morgan fingerprint density at radius 3 is 2.56 bits per heavy atom. The first-order chi connectivity index (χ1) is 16.2. The topological polar surface area (TPSA) is 86.5 Å². The van der Waals surface area contributed by atoms with E-state index in [2.05, 4.69) is 18.7 Å². The maximum atomic E-state index is 13.2. The Morgan fingerprint density at radius 1 is 1.15 bits per heavy atom. The van der Waals surface area contributed by atoms with Gasteiger partial charge in [0.25, 0.3) is 0 Å². The number of hydrogen-bond donors (Lipinski definition) is 1. The zero-order chi connectivity index (χ0) is 24.5. The van der Waals surface area contributed by atoms with E-state index in [1.54, 1.807) is 24.3 Å². The summed E-state index contributed by atoms with van der Waals surface area (Å²) in [5, 5.41) is 6.79. The molecule has 2 unspecified atom stereocenters. The molecule has 2 atom stereocenters. The molecule has 0 aromatic heterocycles. The summed E-state index contributed by atoms with van der Waals surface area (Å²) in [4.78, 5) is 13.2. The van der Waals surface area contributed by atoms with Crippen molar-refractivity contribution < 1.29 is 17.9 Å². The molecule has 0 saturated carbocycles. The number of rotatable bonds is 7. The summed E-state index contributed by atoms with van der Waals surface area (Å²) in [6, 6.07) is 19.6. The minimum absolute atomic E-state index is 0.361. The van der Waals surface area contributed by atoms with Crippen molar-refractivity contribution in [3.05, 3.63) is 113 Å². The van der Waals surface area contributed by atoms with Crippen molar-refractivity contribution in [3.63, 3.8) is 0 Å². The molecule has 2 N–H and O–H groups in total. The summed E-state index contributed by atoms with van der Waals surface area (Å²) in [5.41, 5.74) is 0.978. The van der Waals surface area contributed by atoms with Gasteiger partial charge in [0.15, 0.2) is 11.4 Å². The molecule has 1 aliphatic carbocycles. The quantitative estimate of drug-likeness (QED) is 0.477. The number of hydrogen-bond acceptors (Lipinski definition) is 4. The Bertz CT molecular complexity index is 1460. The monoisotopic (exact) mass is 493 g/mol. The Kier molecular flexibility index (Phi) is 6.60. The van der Waals surface area contributed by atoms with Gasteiger partial charge in [-0.15, -0.1) is 0 Å². The Balaban J connectivity index is 1.89. The van der Waals surface area contributed by atoms with Crippen LogP contribution in [-0.4, -0.2) is 32.2 Å². The van der Waals surface area contributed by atoms with Gasteiger partial charge >= 0.3 is 0 Å². The fraction of sp³-hybridized carbons (Fsp3) is 0.148. The second kappa shape index (κ2) is 9.31. The van der Waals surface area contributed by atoms with E-state index in [9.17, 15) is 13.2 Å². The number of carbonyl (C=O) groups excluding carboxylic acids is 1. The van der Waals surface area contributed by atoms with Crippen LogP contribution in [0.5, 0.6) is 0 Å². The van der Waals surface area contributed by atoms with E-state index >= 15 is 0 Å². The van der Waals surface area contributed by atoms with Crippen LogP contribution in [0.2, 0.25) is 5.02 Å². The molecule has 0 bridgehead atoms. The Morgan fingerprint density at radius 2 is 1.88 bits per heavy atom. The zero-order valence-electron chi connectivity index (χ0n) is 18.6. The third kappa shape index (κ3) is 4.26. The fourth-order valence-electron chi connectivity index (χ4n) is 4.57. The van der Waals surface area contributed by atoms with Gasteiger partial charge in [0.1, 0.15) is 5.25 Å². The van der Waals surface area contributed by atoms with E-state index < -0.39 is 26.7 Å². The first-order valence-corrected chi connectivity index (χ1v) is 12.6. The number of ether oxygens (including phenoxy) is 1. The molecule has 7 heteroatoms. The van der Waals surface area contributed by atoms with Crippen molar-refractivity contribution in [3.8, 4) is 0 Å². The first kappa shape index (κ1) is 24.1. The van der Waals surface area contributed by atoms with Crippen LogP contribution >= 0.6 is 11.6 Å². The summed E-state index contributed by atoms with van der Waals surface area (Å²) < 4.78 is 30.8. The molecule has 0 radical (unpaired) electrons. The normalized spacial score (nSPS) is 20.2. The lowest BCUT2D eigenvalue weighted by atomic mass is 9.76. The van der Waals surface area contributed by atoms with E-state index in [-0.39, 0.29) is 0 Å². The largest absolute Gasteiger partial charge is 0.363 e. The molecule has 0 fully saturated rings. The third-order valence-corrected chi connectivity index (χ3v) is 7.58. The molecule has 4 rings (SSSR count).